The lowest BCUT2D eigenvalue weighted by atomic mass is 10.2. The molecule has 116 valence electrons. The third-order valence-corrected chi connectivity index (χ3v) is 3.42. The third-order valence-electron chi connectivity index (χ3n) is 3.42. The second-order valence-corrected chi connectivity index (χ2v) is 5.21. The summed E-state index contributed by atoms with van der Waals surface area (Å²) in [4.78, 5) is 16.1. The highest BCUT2D eigenvalue weighted by Crippen LogP contribution is 2.24. The van der Waals surface area contributed by atoms with Crippen LogP contribution >= 0.6 is 0 Å². The second kappa shape index (κ2) is 6.44. The minimum Gasteiger partial charge on any atom is -0.497 e. The Morgan fingerprint density at radius 2 is 1.74 bits per heavy atom. The molecule has 0 spiro atoms. The van der Waals surface area contributed by atoms with Crippen molar-refractivity contribution in [3.8, 4) is 28.5 Å². The fourth-order valence-corrected chi connectivity index (χ4v) is 2.33. The molecule has 0 N–H and O–H groups in total. The highest BCUT2D eigenvalue weighted by molar-refractivity contribution is 5.76. The largest absolute Gasteiger partial charge is 0.497 e. The number of Topliss-reactive ketones (excluding diaryl/α,β-unsaturated/α-hetero) is 1. The Kier molecular flexibility index (Phi) is 4.19. The first kappa shape index (κ1) is 15.0. The van der Waals surface area contributed by atoms with Crippen LogP contribution in [0.2, 0.25) is 0 Å². The monoisotopic (exact) mass is 307 g/mol. The van der Waals surface area contributed by atoms with Gasteiger partial charge in [-0.05, 0) is 31.2 Å². The van der Waals surface area contributed by atoms with Crippen LogP contribution in [0.1, 0.15) is 6.92 Å². The zero-order chi connectivity index (χ0) is 16.2. The Labute approximate surface area is 134 Å². The molecule has 0 atom stereocenters. The van der Waals surface area contributed by atoms with Crippen molar-refractivity contribution in [3.63, 3.8) is 0 Å². The van der Waals surface area contributed by atoms with Crippen molar-refractivity contribution in [3.05, 3.63) is 54.6 Å². The van der Waals surface area contributed by atoms with Crippen molar-refractivity contribution in [2.75, 3.05) is 7.11 Å². The summed E-state index contributed by atoms with van der Waals surface area (Å²) in [5.74, 6) is 2.09. The molecule has 3 rings (SSSR count). The lowest BCUT2D eigenvalue weighted by molar-refractivity contribution is -0.117. The van der Waals surface area contributed by atoms with Crippen LogP contribution in [0, 0.1) is 0 Å². The molecule has 1 aromatic heterocycles. The van der Waals surface area contributed by atoms with E-state index in [9.17, 15) is 4.79 Å². The van der Waals surface area contributed by atoms with Crippen molar-refractivity contribution in [1.82, 2.24) is 14.8 Å². The molecule has 0 aliphatic carbocycles. The van der Waals surface area contributed by atoms with E-state index in [1.165, 1.54) is 0 Å². The number of ketones is 1. The van der Waals surface area contributed by atoms with E-state index in [4.69, 9.17) is 4.74 Å². The average molecular weight is 307 g/mol. The Balaban J connectivity index is 2.05. The van der Waals surface area contributed by atoms with Gasteiger partial charge >= 0.3 is 0 Å². The number of nitrogens with zero attached hydrogens (tertiary/aromatic N) is 3. The van der Waals surface area contributed by atoms with Gasteiger partial charge in [0, 0.05) is 11.1 Å². The topological polar surface area (TPSA) is 57.0 Å². The van der Waals surface area contributed by atoms with Crippen molar-refractivity contribution >= 4 is 5.78 Å². The molecular formula is C18H17N3O2. The van der Waals surface area contributed by atoms with Gasteiger partial charge in [-0.2, -0.15) is 0 Å². The highest BCUT2D eigenvalue weighted by Gasteiger charge is 2.14. The number of hydrogen-bond acceptors (Lipinski definition) is 4. The maximum Gasteiger partial charge on any atom is 0.181 e. The molecule has 23 heavy (non-hydrogen) atoms. The number of ether oxygens (including phenoxy) is 1. The molecule has 0 unspecified atom stereocenters. The molecule has 0 bridgehead atoms. The van der Waals surface area contributed by atoms with E-state index >= 15 is 0 Å². The summed E-state index contributed by atoms with van der Waals surface area (Å²) in [5.41, 5.74) is 1.81. The van der Waals surface area contributed by atoms with E-state index < -0.39 is 0 Å². The van der Waals surface area contributed by atoms with Gasteiger partial charge in [-0.3, -0.25) is 4.79 Å². The zero-order valence-corrected chi connectivity index (χ0v) is 13.1. The van der Waals surface area contributed by atoms with Crippen LogP contribution in [0.25, 0.3) is 22.8 Å². The number of carbonyl (C=O) groups is 1. The molecule has 0 aliphatic rings. The molecule has 2 aromatic carbocycles. The summed E-state index contributed by atoms with van der Waals surface area (Å²) in [6.45, 7) is 1.75. The van der Waals surface area contributed by atoms with E-state index in [0.29, 0.717) is 11.6 Å². The van der Waals surface area contributed by atoms with Crippen LogP contribution in [0.5, 0.6) is 5.75 Å². The Morgan fingerprint density at radius 3 is 2.35 bits per heavy atom. The Bertz CT molecular complexity index is 808. The number of methoxy groups -OCH3 is 1. The predicted octanol–water partition coefficient (Wildman–Crippen LogP) is 3.21. The summed E-state index contributed by atoms with van der Waals surface area (Å²) in [5, 5.41) is 4.50. The molecule has 3 aromatic rings. The third kappa shape index (κ3) is 3.29. The number of benzene rings is 2. The van der Waals surface area contributed by atoms with Crippen molar-refractivity contribution in [2.45, 2.75) is 13.5 Å². The second-order valence-electron chi connectivity index (χ2n) is 5.21. The van der Waals surface area contributed by atoms with Gasteiger partial charge in [-0.25, -0.2) is 9.67 Å². The average Bonchev–Trinajstić information content (AvgIpc) is 2.99. The Morgan fingerprint density at radius 1 is 1.04 bits per heavy atom. The van der Waals surface area contributed by atoms with E-state index in [0.717, 1.165) is 16.9 Å². The minimum absolute atomic E-state index is 0.0355. The molecule has 0 saturated carbocycles. The molecule has 5 heteroatoms. The Hall–Kier alpha value is -2.95. The number of aromatic nitrogens is 3. The van der Waals surface area contributed by atoms with Crippen molar-refractivity contribution in [1.29, 1.82) is 0 Å². The summed E-state index contributed by atoms with van der Waals surface area (Å²) in [6.07, 6.45) is 0. The molecule has 5 nitrogen and oxygen atoms in total. The maximum absolute atomic E-state index is 11.5. The predicted molar refractivity (Wildman–Crippen MR) is 88.1 cm³/mol. The fourth-order valence-electron chi connectivity index (χ4n) is 2.33. The van der Waals surface area contributed by atoms with E-state index in [1.54, 1.807) is 18.7 Å². The standard InChI is InChI=1S/C18H17N3O2/c1-13(22)12-21-18(15-6-4-3-5-7-15)19-17(20-21)14-8-10-16(23-2)11-9-14/h3-11H,12H2,1-2H3. The smallest absolute Gasteiger partial charge is 0.181 e. The minimum atomic E-state index is 0.0355. The van der Waals surface area contributed by atoms with Gasteiger partial charge in [0.1, 0.15) is 12.3 Å². The van der Waals surface area contributed by atoms with E-state index in [-0.39, 0.29) is 12.3 Å². The van der Waals surface area contributed by atoms with Gasteiger partial charge in [-0.15, -0.1) is 5.10 Å². The molecular weight excluding hydrogens is 290 g/mol. The molecule has 0 amide bonds. The zero-order valence-electron chi connectivity index (χ0n) is 13.1. The van der Waals surface area contributed by atoms with Gasteiger partial charge in [0.05, 0.1) is 7.11 Å². The highest BCUT2D eigenvalue weighted by atomic mass is 16.5. The SMILES string of the molecule is COc1ccc(-c2nc(-c3ccccc3)n(CC(C)=O)n2)cc1. The molecule has 0 aliphatic heterocycles. The van der Waals surface area contributed by atoms with Crippen LogP contribution in [-0.4, -0.2) is 27.7 Å². The quantitative estimate of drug-likeness (QED) is 0.726. The first-order valence-electron chi connectivity index (χ1n) is 7.31. The van der Waals surface area contributed by atoms with Gasteiger partial charge in [0.25, 0.3) is 0 Å². The van der Waals surface area contributed by atoms with Gasteiger partial charge < -0.3 is 4.74 Å². The number of rotatable bonds is 5. The van der Waals surface area contributed by atoms with Crippen LogP contribution in [-0.2, 0) is 11.3 Å². The molecule has 0 saturated heterocycles. The van der Waals surface area contributed by atoms with Crippen molar-refractivity contribution in [2.24, 2.45) is 0 Å². The normalized spacial score (nSPS) is 10.5. The summed E-state index contributed by atoms with van der Waals surface area (Å²) >= 11 is 0. The summed E-state index contributed by atoms with van der Waals surface area (Å²) in [7, 11) is 1.63. The van der Waals surface area contributed by atoms with Gasteiger partial charge in [0.15, 0.2) is 17.4 Å². The van der Waals surface area contributed by atoms with E-state index in [1.807, 2.05) is 54.6 Å². The van der Waals surface area contributed by atoms with Crippen LogP contribution in [0.3, 0.4) is 0 Å². The lowest BCUT2D eigenvalue weighted by Crippen LogP contribution is -2.09. The van der Waals surface area contributed by atoms with Gasteiger partial charge in [-0.1, -0.05) is 30.3 Å². The lowest BCUT2D eigenvalue weighted by Gasteiger charge is -2.02. The first-order chi connectivity index (χ1) is 11.2. The number of carbonyl (C=O) groups excluding carboxylic acids is 1. The first-order valence-corrected chi connectivity index (χ1v) is 7.31. The molecule has 0 radical (unpaired) electrons. The van der Waals surface area contributed by atoms with Crippen LogP contribution in [0.4, 0.5) is 0 Å². The maximum atomic E-state index is 11.5. The van der Waals surface area contributed by atoms with Crippen LogP contribution < -0.4 is 4.74 Å². The van der Waals surface area contributed by atoms with Crippen LogP contribution in [0.15, 0.2) is 54.6 Å². The number of hydrogen-bond donors (Lipinski definition) is 0. The van der Waals surface area contributed by atoms with E-state index in [2.05, 4.69) is 10.1 Å². The fraction of sp³-hybridized carbons (Fsp3) is 0.167. The van der Waals surface area contributed by atoms with Gasteiger partial charge in [0.2, 0.25) is 0 Å². The summed E-state index contributed by atoms with van der Waals surface area (Å²) in [6, 6.07) is 17.3. The molecule has 0 fully saturated rings. The summed E-state index contributed by atoms with van der Waals surface area (Å²) < 4.78 is 6.82. The van der Waals surface area contributed by atoms with Crippen molar-refractivity contribution < 1.29 is 9.53 Å². The molecule has 1 heterocycles.